The third-order valence-electron chi connectivity index (χ3n) is 4.95. The van der Waals surface area contributed by atoms with Gasteiger partial charge in [-0.2, -0.15) is 0 Å². The topological polar surface area (TPSA) is 47.3 Å². The van der Waals surface area contributed by atoms with Crippen molar-refractivity contribution in [3.63, 3.8) is 0 Å². The highest BCUT2D eigenvalue weighted by Gasteiger charge is 2.40. The molecular formula is C16H23ClN2O. The minimum atomic E-state index is 0.221. The monoisotopic (exact) mass is 294 g/mol. The summed E-state index contributed by atoms with van der Waals surface area (Å²) in [6, 6.07) is 7.74. The third kappa shape index (κ3) is 3.27. The molecule has 0 saturated heterocycles. The Balaban J connectivity index is 1.50. The Morgan fingerprint density at radius 3 is 2.90 bits per heavy atom. The fourth-order valence-corrected chi connectivity index (χ4v) is 4.15. The number of fused-ring (bicyclic) bond motifs is 2. The molecule has 0 spiro atoms. The number of hydrogen-bond acceptors (Lipinski definition) is 3. The Kier molecular flexibility index (Phi) is 4.49. The standard InChI is InChI=1S/C16H23ClN2O/c17-14-2-1-3-16(9-14)20-10-15(19-18)8-13-7-11-4-5-12(13)6-11/h1-3,9,11-13,15,19H,4-8,10,18H2. The molecule has 0 amide bonds. The molecule has 2 aliphatic rings. The van der Waals surface area contributed by atoms with Crippen LogP contribution in [0.25, 0.3) is 0 Å². The number of benzene rings is 1. The molecule has 2 aliphatic carbocycles. The quantitative estimate of drug-likeness (QED) is 0.624. The number of rotatable bonds is 6. The van der Waals surface area contributed by atoms with Gasteiger partial charge in [0.1, 0.15) is 12.4 Å². The summed E-state index contributed by atoms with van der Waals surface area (Å²) in [5.74, 6) is 9.25. The number of hydrogen-bond donors (Lipinski definition) is 2. The number of ether oxygens (including phenoxy) is 1. The summed E-state index contributed by atoms with van der Waals surface area (Å²) < 4.78 is 5.80. The lowest BCUT2D eigenvalue weighted by Crippen LogP contribution is -2.41. The Labute approximate surface area is 125 Å². The Morgan fingerprint density at radius 1 is 1.35 bits per heavy atom. The number of nitrogens with two attached hydrogens (primary N) is 1. The van der Waals surface area contributed by atoms with E-state index in [1.165, 1.54) is 25.7 Å². The molecule has 4 atom stereocenters. The van der Waals surface area contributed by atoms with E-state index in [0.717, 1.165) is 29.9 Å². The molecule has 2 saturated carbocycles. The largest absolute Gasteiger partial charge is 0.492 e. The predicted molar refractivity (Wildman–Crippen MR) is 81.6 cm³/mol. The number of halogens is 1. The zero-order valence-electron chi connectivity index (χ0n) is 11.7. The molecule has 4 heteroatoms. The van der Waals surface area contributed by atoms with Gasteiger partial charge in [0.05, 0.1) is 6.04 Å². The van der Waals surface area contributed by atoms with Crippen LogP contribution in [0.2, 0.25) is 5.02 Å². The van der Waals surface area contributed by atoms with E-state index in [0.29, 0.717) is 11.6 Å². The number of nitrogens with one attached hydrogen (secondary N) is 1. The molecular weight excluding hydrogens is 272 g/mol. The van der Waals surface area contributed by atoms with E-state index >= 15 is 0 Å². The SMILES string of the molecule is NNC(COc1cccc(Cl)c1)CC1CC2CCC1C2. The highest BCUT2D eigenvalue weighted by Crippen LogP contribution is 2.49. The van der Waals surface area contributed by atoms with Crippen molar-refractivity contribution in [2.45, 2.75) is 38.1 Å². The molecule has 0 aromatic heterocycles. The van der Waals surface area contributed by atoms with Crippen LogP contribution < -0.4 is 16.0 Å². The average Bonchev–Trinajstić information content (AvgIpc) is 3.06. The lowest BCUT2D eigenvalue weighted by atomic mass is 9.84. The van der Waals surface area contributed by atoms with Crippen molar-refractivity contribution in [2.24, 2.45) is 23.6 Å². The van der Waals surface area contributed by atoms with Crippen LogP contribution in [0.4, 0.5) is 0 Å². The van der Waals surface area contributed by atoms with Crippen molar-refractivity contribution < 1.29 is 4.74 Å². The highest BCUT2D eigenvalue weighted by atomic mass is 35.5. The number of hydrazine groups is 1. The van der Waals surface area contributed by atoms with Crippen molar-refractivity contribution in [3.8, 4) is 5.75 Å². The fraction of sp³-hybridized carbons (Fsp3) is 0.625. The molecule has 1 aromatic rings. The summed E-state index contributed by atoms with van der Waals surface area (Å²) in [4.78, 5) is 0. The van der Waals surface area contributed by atoms with E-state index in [1.807, 2.05) is 24.3 Å². The van der Waals surface area contributed by atoms with E-state index in [9.17, 15) is 0 Å². The Bertz CT molecular complexity index is 454. The van der Waals surface area contributed by atoms with Crippen LogP contribution >= 0.6 is 11.6 Å². The second-order valence-electron chi connectivity index (χ2n) is 6.30. The molecule has 2 bridgehead atoms. The van der Waals surface area contributed by atoms with E-state index in [2.05, 4.69) is 5.43 Å². The predicted octanol–water partition coefficient (Wildman–Crippen LogP) is 3.38. The van der Waals surface area contributed by atoms with Gasteiger partial charge in [-0.25, -0.2) is 0 Å². The second kappa shape index (κ2) is 6.33. The van der Waals surface area contributed by atoms with Crippen molar-refractivity contribution in [1.82, 2.24) is 5.43 Å². The van der Waals surface area contributed by atoms with Crippen LogP contribution in [-0.2, 0) is 0 Å². The molecule has 0 aliphatic heterocycles. The average molecular weight is 295 g/mol. The first-order valence-corrected chi connectivity index (χ1v) is 7.97. The van der Waals surface area contributed by atoms with Crippen LogP contribution in [-0.4, -0.2) is 12.6 Å². The van der Waals surface area contributed by atoms with Crippen molar-refractivity contribution in [2.75, 3.05) is 6.61 Å². The zero-order valence-corrected chi connectivity index (χ0v) is 12.5. The van der Waals surface area contributed by atoms with Crippen LogP contribution in [0.5, 0.6) is 5.75 Å². The first-order chi connectivity index (χ1) is 9.74. The lowest BCUT2D eigenvalue weighted by Gasteiger charge is -2.26. The highest BCUT2D eigenvalue weighted by molar-refractivity contribution is 6.30. The first-order valence-electron chi connectivity index (χ1n) is 7.59. The van der Waals surface area contributed by atoms with Crippen LogP contribution in [0, 0.1) is 17.8 Å². The fourth-order valence-electron chi connectivity index (χ4n) is 3.97. The van der Waals surface area contributed by atoms with Crippen molar-refractivity contribution >= 4 is 11.6 Å². The summed E-state index contributed by atoms with van der Waals surface area (Å²) in [6.07, 6.45) is 6.82. The van der Waals surface area contributed by atoms with E-state index in [4.69, 9.17) is 22.2 Å². The molecule has 3 rings (SSSR count). The van der Waals surface area contributed by atoms with Gasteiger partial charge in [-0.3, -0.25) is 11.3 Å². The Hall–Kier alpha value is -0.770. The summed E-state index contributed by atoms with van der Waals surface area (Å²) in [7, 11) is 0. The second-order valence-corrected chi connectivity index (χ2v) is 6.74. The molecule has 0 radical (unpaired) electrons. The first kappa shape index (κ1) is 14.2. The van der Waals surface area contributed by atoms with Crippen LogP contribution in [0.15, 0.2) is 24.3 Å². The minimum absolute atomic E-state index is 0.221. The molecule has 3 nitrogen and oxygen atoms in total. The van der Waals surface area contributed by atoms with Gasteiger partial charge in [-0.05, 0) is 61.6 Å². The van der Waals surface area contributed by atoms with Crippen LogP contribution in [0.3, 0.4) is 0 Å². The maximum atomic E-state index is 5.95. The van der Waals surface area contributed by atoms with Crippen molar-refractivity contribution in [1.29, 1.82) is 0 Å². The maximum absolute atomic E-state index is 5.95. The van der Waals surface area contributed by atoms with Crippen LogP contribution in [0.1, 0.15) is 32.1 Å². The Morgan fingerprint density at radius 2 is 2.25 bits per heavy atom. The maximum Gasteiger partial charge on any atom is 0.120 e. The molecule has 0 heterocycles. The normalized spacial score (nSPS) is 29.6. The third-order valence-corrected chi connectivity index (χ3v) is 5.19. The molecule has 20 heavy (non-hydrogen) atoms. The lowest BCUT2D eigenvalue weighted by molar-refractivity contribution is 0.212. The smallest absolute Gasteiger partial charge is 0.120 e. The minimum Gasteiger partial charge on any atom is -0.492 e. The molecule has 3 N–H and O–H groups in total. The molecule has 4 unspecified atom stereocenters. The van der Waals surface area contributed by atoms with Gasteiger partial charge >= 0.3 is 0 Å². The van der Waals surface area contributed by atoms with Gasteiger partial charge in [-0.15, -0.1) is 0 Å². The van der Waals surface area contributed by atoms with E-state index < -0.39 is 0 Å². The van der Waals surface area contributed by atoms with E-state index in [-0.39, 0.29) is 6.04 Å². The van der Waals surface area contributed by atoms with Gasteiger partial charge in [0.15, 0.2) is 0 Å². The van der Waals surface area contributed by atoms with Gasteiger partial charge in [0.25, 0.3) is 0 Å². The van der Waals surface area contributed by atoms with Gasteiger partial charge in [0.2, 0.25) is 0 Å². The summed E-state index contributed by atoms with van der Waals surface area (Å²) >= 11 is 5.95. The van der Waals surface area contributed by atoms with Crippen molar-refractivity contribution in [3.05, 3.63) is 29.3 Å². The molecule has 2 fully saturated rings. The summed E-state index contributed by atoms with van der Waals surface area (Å²) in [5.41, 5.74) is 2.92. The van der Waals surface area contributed by atoms with Gasteiger partial charge < -0.3 is 4.74 Å². The van der Waals surface area contributed by atoms with Gasteiger partial charge in [-0.1, -0.05) is 24.1 Å². The molecule has 1 aromatic carbocycles. The summed E-state index contributed by atoms with van der Waals surface area (Å²) in [5, 5.41) is 0.702. The van der Waals surface area contributed by atoms with E-state index in [1.54, 1.807) is 0 Å². The summed E-state index contributed by atoms with van der Waals surface area (Å²) in [6.45, 7) is 0.602. The zero-order chi connectivity index (χ0) is 13.9. The van der Waals surface area contributed by atoms with Gasteiger partial charge in [0, 0.05) is 5.02 Å². The molecule has 110 valence electrons.